The van der Waals surface area contributed by atoms with Gasteiger partial charge in [0.15, 0.2) is 0 Å². The van der Waals surface area contributed by atoms with Crippen molar-refractivity contribution in [2.75, 3.05) is 39.3 Å². The van der Waals surface area contributed by atoms with E-state index in [-0.39, 0.29) is 41.8 Å². The average Bonchev–Trinajstić information content (AvgIpc) is 3.33. The first kappa shape index (κ1) is 17.9. The summed E-state index contributed by atoms with van der Waals surface area (Å²) in [6, 6.07) is -0.751. The molecule has 8 heteroatoms. The molecule has 0 radical (unpaired) electrons. The fraction of sp³-hybridized carbons (Fsp3) is 0.833. The molecule has 4 fully saturated rings. The molecular weight excluding hydrogens is 336 g/mol. The van der Waals surface area contributed by atoms with Crippen molar-refractivity contribution in [2.24, 2.45) is 11.8 Å². The molecule has 4 saturated heterocycles. The van der Waals surface area contributed by atoms with Crippen LogP contribution in [0.1, 0.15) is 26.2 Å². The van der Waals surface area contributed by atoms with Gasteiger partial charge in [0.1, 0.15) is 6.04 Å². The molecule has 4 aliphatic heterocycles. The van der Waals surface area contributed by atoms with Crippen LogP contribution >= 0.6 is 0 Å². The molecule has 0 saturated carbocycles. The number of amides is 3. The summed E-state index contributed by atoms with van der Waals surface area (Å²) >= 11 is 0. The number of nitrogens with zero attached hydrogens (tertiary/aromatic N) is 2. The van der Waals surface area contributed by atoms with Gasteiger partial charge in [0, 0.05) is 32.7 Å². The highest BCUT2D eigenvalue weighted by atomic mass is 16.5. The summed E-state index contributed by atoms with van der Waals surface area (Å²) in [5.41, 5.74) is 0. The predicted molar refractivity (Wildman–Crippen MR) is 93.1 cm³/mol. The van der Waals surface area contributed by atoms with Crippen molar-refractivity contribution in [1.29, 1.82) is 0 Å². The van der Waals surface area contributed by atoms with Crippen LogP contribution in [0.3, 0.4) is 0 Å². The molecule has 4 rings (SSSR count). The Hall–Kier alpha value is -1.51. The maximum Gasteiger partial charge on any atom is 0.243 e. The Morgan fingerprint density at radius 3 is 2.42 bits per heavy atom. The predicted octanol–water partition coefficient (Wildman–Crippen LogP) is -1.05. The highest BCUT2D eigenvalue weighted by Crippen LogP contribution is 2.48. The minimum atomic E-state index is -0.751. The smallest absolute Gasteiger partial charge is 0.243 e. The average molecular weight is 364 g/mol. The summed E-state index contributed by atoms with van der Waals surface area (Å²) in [5.74, 6) is -1.44. The molecule has 0 aromatic carbocycles. The van der Waals surface area contributed by atoms with E-state index >= 15 is 0 Å². The van der Waals surface area contributed by atoms with Gasteiger partial charge in [-0.2, -0.15) is 0 Å². The molecule has 8 nitrogen and oxygen atoms in total. The number of rotatable bonds is 6. The van der Waals surface area contributed by atoms with Crippen molar-refractivity contribution >= 4 is 17.7 Å². The second-order valence-corrected chi connectivity index (χ2v) is 7.80. The summed E-state index contributed by atoms with van der Waals surface area (Å²) < 4.78 is 5.73. The Bertz CT molecular complexity index is 564. The zero-order valence-electron chi connectivity index (χ0n) is 15.3. The van der Waals surface area contributed by atoms with E-state index in [4.69, 9.17) is 4.74 Å². The standard InChI is InChI=1S/C18H28N4O4/c1-11(16(23)20-5-2-8-21-9-6-19-7-10-21)22-17(24)14-12-3-4-13(26-12)15(14)18(22)25/h11-15,19H,2-10H2,1H3,(H,20,23). The Morgan fingerprint density at radius 1 is 1.19 bits per heavy atom. The van der Waals surface area contributed by atoms with Gasteiger partial charge in [0.05, 0.1) is 24.0 Å². The van der Waals surface area contributed by atoms with Crippen LogP contribution in [-0.2, 0) is 19.1 Å². The van der Waals surface area contributed by atoms with Gasteiger partial charge in [-0.1, -0.05) is 0 Å². The van der Waals surface area contributed by atoms with Crippen LogP contribution in [0.2, 0.25) is 0 Å². The van der Waals surface area contributed by atoms with E-state index < -0.39 is 6.04 Å². The minimum Gasteiger partial charge on any atom is -0.373 e. The van der Waals surface area contributed by atoms with Crippen molar-refractivity contribution in [3.63, 3.8) is 0 Å². The normalized spacial score (nSPS) is 35.0. The monoisotopic (exact) mass is 364 g/mol. The quantitative estimate of drug-likeness (QED) is 0.462. The molecule has 4 heterocycles. The van der Waals surface area contributed by atoms with Gasteiger partial charge in [-0.15, -0.1) is 0 Å². The van der Waals surface area contributed by atoms with Crippen LogP contribution in [0, 0.1) is 11.8 Å². The summed E-state index contributed by atoms with van der Waals surface area (Å²) in [5, 5.41) is 6.20. The van der Waals surface area contributed by atoms with Gasteiger partial charge in [-0.05, 0) is 32.7 Å². The zero-order chi connectivity index (χ0) is 18.3. The van der Waals surface area contributed by atoms with Crippen LogP contribution in [0.4, 0.5) is 0 Å². The van der Waals surface area contributed by atoms with Crippen molar-refractivity contribution in [3.05, 3.63) is 0 Å². The van der Waals surface area contributed by atoms with Crippen LogP contribution in [0.15, 0.2) is 0 Å². The number of imide groups is 1. The van der Waals surface area contributed by atoms with Gasteiger partial charge >= 0.3 is 0 Å². The number of hydrogen-bond donors (Lipinski definition) is 2. The number of nitrogens with one attached hydrogen (secondary N) is 2. The van der Waals surface area contributed by atoms with Gasteiger partial charge in [-0.25, -0.2) is 0 Å². The van der Waals surface area contributed by atoms with Gasteiger partial charge < -0.3 is 20.3 Å². The molecule has 2 bridgehead atoms. The van der Waals surface area contributed by atoms with Crippen LogP contribution in [-0.4, -0.2) is 85.0 Å². The maximum atomic E-state index is 12.7. The van der Waals surface area contributed by atoms with E-state index in [2.05, 4.69) is 15.5 Å². The third kappa shape index (κ3) is 3.04. The van der Waals surface area contributed by atoms with E-state index in [1.165, 1.54) is 4.90 Å². The molecule has 2 N–H and O–H groups in total. The van der Waals surface area contributed by atoms with Gasteiger partial charge in [-0.3, -0.25) is 19.3 Å². The lowest BCUT2D eigenvalue weighted by molar-refractivity contribution is -0.149. The topological polar surface area (TPSA) is 91.0 Å². The Labute approximate surface area is 153 Å². The van der Waals surface area contributed by atoms with Crippen LogP contribution < -0.4 is 10.6 Å². The summed E-state index contributed by atoms with van der Waals surface area (Å²) in [6.07, 6.45) is 2.27. The van der Waals surface area contributed by atoms with Gasteiger partial charge in [0.2, 0.25) is 17.7 Å². The van der Waals surface area contributed by atoms with Crippen molar-refractivity contribution in [1.82, 2.24) is 20.4 Å². The lowest BCUT2D eigenvalue weighted by atomic mass is 9.81. The van der Waals surface area contributed by atoms with Gasteiger partial charge in [0.25, 0.3) is 0 Å². The number of fused-ring (bicyclic) bond motifs is 5. The lowest BCUT2D eigenvalue weighted by Crippen LogP contribution is -2.49. The second kappa shape index (κ2) is 7.25. The van der Waals surface area contributed by atoms with E-state index in [1.807, 2.05) is 0 Å². The largest absolute Gasteiger partial charge is 0.373 e. The first-order valence-electron chi connectivity index (χ1n) is 9.81. The Balaban J connectivity index is 1.27. The molecule has 144 valence electrons. The fourth-order valence-electron chi connectivity index (χ4n) is 4.83. The van der Waals surface area contributed by atoms with Crippen molar-refractivity contribution in [2.45, 2.75) is 44.4 Å². The van der Waals surface area contributed by atoms with Crippen molar-refractivity contribution in [3.8, 4) is 0 Å². The molecule has 0 aromatic heterocycles. The summed E-state index contributed by atoms with van der Waals surface area (Å²) in [6.45, 7) is 7.24. The molecule has 0 aromatic rings. The highest BCUT2D eigenvalue weighted by molar-refractivity contribution is 6.09. The van der Waals surface area contributed by atoms with Crippen LogP contribution in [0.25, 0.3) is 0 Å². The molecule has 3 amide bonds. The van der Waals surface area contributed by atoms with Crippen LogP contribution in [0.5, 0.6) is 0 Å². The van der Waals surface area contributed by atoms with E-state index in [0.717, 1.165) is 52.0 Å². The number of carbonyl (C=O) groups is 3. The number of hydrogen-bond acceptors (Lipinski definition) is 6. The lowest BCUT2D eigenvalue weighted by Gasteiger charge is -2.27. The maximum absolute atomic E-state index is 12.7. The number of carbonyl (C=O) groups excluding carboxylic acids is 3. The van der Waals surface area contributed by atoms with E-state index in [1.54, 1.807) is 6.92 Å². The Morgan fingerprint density at radius 2 is 1.81 bits per heavy atom. The second-order valence-electron chi connectivity index (χ2n) is 7.80. The molecule has 0 spiro atoms. The first-order chi connectivity index (χ1) is 12.6. The molecule has 26 heavy (non-hydrogen) atoms. The first-order valence-corrected chi connectivity index (χ1v) is 9.81. The molecule has 5 unspecified atom stereocenters. The number of piperazine rings is 1. The SMILES string of the molecule is CC(C(=O)NCCCN1CCNCC1)N1C(=O)C2C3CCC(O3)C2C1=O. The van der Waals surface area contributed by atoms with Crippen molar-refractivity contribution < 1.29 is 19.1 Å². The molecule has 5 atom stereocenters. The number of likely N-dealkylation sites (tertiary alicyclic amines) is 1. The zero-order valence-corrected chi connectivity index (χ0v) is 15.3. The van der Waals surface area contributed by atoms with E-state index in [9.17, 15) is 14.4 Å². The minimum absolute atomic E-state index is 0.138. The molecular formula is C18H28N4O4. The number of ether oxygens (including phenoxy) is 1. The third-order valence-electron chi connectivity index (χ3n) is 6.25. The third-order valence-corrected chi connectivity index (χ3v) is 6.25. The summed E-state index contributed by atoms with van der Waals surface area (Å²) in [7, 11) is 0. The Kier molecular flexibility index (Phi) is 4.98. The highest BCUT2D eigenvalue weighted by Gasteiger charge is 2.63. The molecule has 0 aliphatic carbocycles. The fourth-order valence-corrected chi connectivity index (χ4v) is 4.83. The molecule has 4 aliphatic rings. The van der Waals surface area contributed by atoms with E-state index in [0.29, 0.717) is 6.54 Å². The summed E-state index contributed by atoms with van der Waals surface area (Å²) in [4.78, 5) is 41.4.